The zero-order chi connectivity index (χ0) is 17.1. The minimum absolute atomic E-state index is 0.472. The van der Waals surface area contributed by atoms with E-state index in [1.54, 1.807) is 6.07 Å². The maximum atomic E-state index is 8.98. The summed E-state index contributed by atoms with van der Waals surface area (Å²) >= 11 is 6.15. The highest BCUT2D eigenvalue weighted by Crippen LogP contribution is 2.26. The van der Waals surface area contributed by atoms with Gasteiger partial charge in [-0.15, -0.1) is 0 Å². The number of halogens is 1. The number of benzene rings is 2. The van der Waals surface area contributed by atoms with Gasteiger partial charge in [0, 0.05) is 31.4 Å². The third-order valence-electron chi connectivity index (χ3n) is 4.71. The summed E-state index contributed by atoms with van der Waals surface area (Å²) in [7, 11) is 0. The van der Waals surface area contributed by atoms with Gasteiger partial charge in [0.2, 0.25) is 0 Å². The largest absolute Gasteiger partial charge is 0.370 e. The molecule has 0 amide bonds. The third-order valence-corrected chi connectivity index (χ3v) is 5.02. The van der Waals surface area contributed by atoms with E-state index in [1.165, 1.54) is 16.7 Å². The summed E-state index contributed by atoms with van der Waals surface area (Å²) in [6.45, 7) is 7.17. The molecule has 0 aliphatic carbocycles. The van der Waals surface area contributed by atoms with Crippen LogP contribution in [0.25, 0.3) is 0 Å². The second-order valence-electron chi connectivity index (χ2n) is 6.52. The zero-order valence-corrected chi connectivity index (χ0v) is 14.9. The molecule has 0 bridgehead atoms. The standard InChI is InChI=1S/C20H22ClN3/c1-14-3-4-17(15(2)9-14)12-23-18-7-8-24(13-18)19-6-5-16(11-22)20(21)10-19/h3-6,9-10,18,23H,7-8,12-13H2,1-2H3. The van der Waals surface area contributed by atoms with Crippen LogP contribution in [-0.4, -0.2) is 19.1 Å². The fraction of sp³-hybridized carbons (Fsp3) is 0.350. The number of hydrogen-bond donors (Lipinski definition) is 1. The second kappa shape index (κ2) is 7.25. The van der Waals surface area contributed by atoms with Crippen LogP contribution in [0.5, 0.6) is 0 Å². The highest BCUT2D eigenvalue weighted by atomic mass is 35.5. The normalized spacial score (nSPS) is 17.1. The van der Waals surface area contributed by atoms with Crippen molar-refractivity contribution >= 4 is 17.3 Å². The van der Waals surface area contributed by atoms with Crippen molar-refractivity contribution in [3.63, 3.8) is 0 Å². The first kappa shape index (κ1) is 16.8. The Kier molecular flexibility index (Phi) is 5.08. The van der Waals surface area contributed by atoms with Crippen molar-refractivity contribution in [2.45, 2.75) is 32.9 Å². The fourth-order valence-corrected chi connectivity index (χ4v) is 3.47. The topological polar surface area (TPSA) is 39.1 Å². The number of rotatable bonds is 4. The molecule has 1 N–H and O–H groups in total. The molecule has 0 aromatic heterocycles. The van der Waals surface area contributed by atoms with Crippen molar-refractivity contribution < 1.29 is 0 Å². The maximum Gasteiger partial charge on any atom is 0.101 e. The lowest BCUT2D eigenvalue weighted by molar-refractivity contribution is 0.550. The Morgan fingerprint density at radius 3 is 2.79 bits per heavy atom. The lowest BCUT2D eigenvalue weighted by atomic mass is 10.1. The molecule has 4 heteroatoms. The lowest BCUT2D eigenvalue weighted by Crippen LogP contribution is -2.32. The average molecular weight is 340 g/mol. The van der Waals surface area contributed by atoms with Gasteiger partial charge in [-0.05, 0) is 49.6 Å². The molecule has 3 nitrogen and oxygen atoms in total. The van der Waals surface area contributed by atoms with Crippen LogP contribution in [0.4, 0.5) is 5.69 Å². The molecular formula is C20H22ClN3. The molecule has 2 aromatic carbocycles. The SMILES string of the molecule is Cc1ccc(CNC2CCN(c3ccc(C#N)c(Cl)c3)C2)c(C)c1. The molecule has 1 aliphatic heterocycles. The number of aryl methyl sites for hydroxylation is 2. The smallest absolute Gasteiger partial charge is 0.101 e. The van der Waals surface area contributed by atoms with Gasteiger partial charge in [0.25, 0.3) is 0 Å². The van der Waals surface area contributed by atoms with Crippen molar-refractivity contribution in [3.05, 3.63) is 63.7 Å². The molecule has 1 saturated heterocycles. The minimum atomic E-state index is 0.472. The van der Waals surface area contributed by atoms with Gasteiger partial charge >= 0.3 is 0 Å². The summed E-state index contributed by atoms with van der Waals surface area (Å²) in [4.78, 5) is 2.33. The summed E-state index contributed by atoms with van der Waals surface area (Å²) in [5, 5.41) is 13.2. The molecule has 3 rings (SSSR count). The predicted molar refractivity (Wildman–Crippen MR) is 99.5 cm³/mol. The quantitative estimate of drug-likeness (QED) is 0.907. The maximum absolute atomic E-state index is 8.98. The number of nitriles is 1. The van der Waals surface area contributed by atoms with Crippen LogP contribution in [0.15, 0.2) is 36.4 Å². The van der Waals surface area contributed by atoms with E-state index in [4.69, 9.17) is 16.9 Å². The fourth-order valence-electron chi connectivity index (χ4n) is 3.25. The van der Waals surface area contributed by atoms with Crippen LogP contribution in [0, 0.1) is 25.2 Å². The Morgan fingerprint density at radius 2 is 2.08 bits per heavy atom. The van der Waals surface area contributed by atoms with E-state index in [9.17, 15) is 0 Å². The number of anilines is 1. The van der Waals surface area contributed by atoms with Crippen LogP contribution in [0.1, 0.15) is 28.7 Å². The van der Waals surface area contributed by atoms with E-state index in [-0.39, 0.29) is 0 Å². The van der Waals surface area contributed by atoms with E-state index >= 15 is 0 Å². The van der Waals surface area contributed by atoms with Gasteiger partial charge in [-0.3, -0.25) is 0 Å². The van der Waals surface area contributed by atoms with Crippen LogP contribution in [-0.2, 0) is 6.54 Å². The molecule has 124 valence electrons. The second-order valence-corrected chi connectivity index (χ2v) is 6.93. The highest BCUT2D eigenvalue weighted by Gasteiger charge is 2.22. The summed E-state index contributed by atoms with van der Waals surface area (Å²) in [5.41, 5.74) is 5.64. The Bertz CT molecular complexity index is 779. The summed E-state index contributed by atoms with van der Waals surface area (Å²) < 4.78 is 0. The molecule has 1 heterocycles. The van der Waals surface area contributed by atoms with Gasteiger partial charge in [-0.25, -0.2) is 0 Å². The van der Waals surface area contributed by atoms with E-state index in [1.807, 2.05) is 12.1 Å². The molecule has 0 spiro atoms. The number of hydrogen-bond acceptors (Lipinski definition) is 3. The Morgan fingerprint density at radius 1 is 1.25 bits per heavy atom. The monoisotopic (exact) mass is 339 g/mol. The first-order valence-corrected chi connectivity index (χ1v) is 8.68. The number of nitrogens with zero attached hydrogens (tertiary/aromatic N) is 2. The van der Waals surface area contributed by atoms with Crippen molar-refractivity contribution in [1.29, 1.82) is 5.26 Å². The molecule has 24 heavy (non-hydrogen) atoms. The molecule has 0 saturated carbocycles. The molecule has 1 atom stereocenters. The van der Waals surface area contributed by atoms with E-state index < -0.39 is 0 Å². The van der Waals surface area contributed by atoms with Crippen molar-refractivity contribution in [1.82, 2.24) is 5.32 Å². The van der Waals surface area contributed by atoms with Gasteiger partial charge in [0.1, 0.15) is 6.07 Å². The molecule has 0 radical (unpaired) electrons. The zero-order valence-electron chi connectivity index (χ0n) is 14.1. The first-order valence-electron chi connectivity index (χ1n) is 8.31. The van der Waals surface area contributed by atoms with Crippen molar-refractivity contribution in [2.75, 3.05) is 18.0 Å². The predicted octanol–water partition coefficient (Wildman–Crippen LogP) is 4.20. The Labute approximate surface area is 148 Å². The molecule has 1 unspecified atom stereocenters. The molecule has 1 aliphatic rings. The molecular weight excluding hydrogens is 318 g/mol. The van der Waals surface area contributed by atoms with Crippen LogP contribution >= 0.6 is 11.6 Å². The molecule has 2 aromatic rings. The Hall–Kier alpha value is -2.02. The highest BCUT2D eigenvalue weighted by molar-refractivity contribution is 6.32. The summed E-state index contributed by atoms with van der Waals surface area (Å²) in [6.07, 6.45) is 1.11. The van der Waals surface area contributed by atoms with Crippen LogP contribution in [0.3, 0.4) is 0 Å². The van der Waals surface area contributed by atoms with Crippen LogP contribution < -0.4 is 10.2 Å². The van der Waals surface area contributed by atoms with Crippen molar-refractivity contribution in [2.24, 2.45) is 0 Å². The lowest BCUT2D eigenvalue weighted by Gasteiger charge is -2.20. The number of nitrogens with one attached hydrogen (secondary N) is 1. The van der Waals surface area contributed by atoms with Gasteiger partial charge in [-0.2, -0.15) is 5.26 Å². The van der Waals surface area contributed by atoms with Crippen molar-refractivity contribution in [3.8, 4) is 6.07 Å². The van der Waals surface area contributed by atoms with Gasteiger partial charge < -0.3 is 10.2 Å². The van der Waals surface area contributed by atoms with Gasteiger partial charge in [0.15, 0.2) is 0 Å². The average Bonchev–Trinajstić information content (AvgIpc) is 3.03. The van der Waals surface area contributed by atoms with Gasteiger partial charge in [0.05, 0.1) is 10.6 Å². The molecule has 1 fully saturated rings. The minimum Gasteiger partial charge on any atom is -0.370 e. The first-order chi connectivity index (χ1) is 11.6. The Balaban J connectivity index is 1.59. The summed E-state index contributed by atoms with van der Waals surface area (Å²) in [6, 6.07) is 14.9. The van der Waals surface area contributed by atoms with Crippen LogP contribution in [0.2, 0.25) is 5.02 Å². The third kappa shape index (κ3) is 3.72. The van der Waals surface area contributed by atoms with E-state index in [0.29, 0.717) is 16.6 Å². The van der Waals surface area contributed by atoms with E-state index in [0.717, 1.165) is 31.7 Å². The van der Waals surface area contributed by atoms with E-state index in [2.05, 4.69) is 48.3 Å². The van der Waals surface area contributed by atoms with Gasteiger partial charge in [-0.1, -0.05) is 35.4 Å². The summed E-state index contributed by atoms with van der Waals surface area (Å²) in [5.74, 6) is 0.